The van der Waals surface area contributed by atoms with Crippen LogP contribution in [0.25, 0.3) is 0 Å². The summed E-state index contributed by atoms with van der Waals surface area (Å²) in [5.41, 5.74) is 0. The van der Waals surface area contributed by atoms with Crippen molar-refractivity contribution in [3.8, 4) is 0 Å². The van der Waals surface area contributed by atoms with Gasteiger partial charge in [0, 0.05) is 19.4 Å². The first kappa shape index (κ1) is 11.6. The lowest BCUT2D eigenvalue weighted by Crippen LogP contribution is -2.05. The number of hydrogen-bond donors (Lipinski definition) is 1. The Morgan fingerprint density at radius 2 is 2.17 bits per heavy atom. The average Bonchev–Trinajstić information content (AvgIpc) is 2.01. The first-order valence-corrected chi connectivity index (χ1v) is 4.83. The molecular formula is C10H20O2. The zero-order valence-electron chi connectivity index (χ0n) is 8.18. The quantitative estimate of drug-likeness (QED) is 0.639. The van der Waals surface area contributed by atoms with Gasteiger partial charge in [0.2, 0.25) is 0 Å². The highest BCUT2D eigenvalue weighted by Gasteiger charge is 2.07. The molecule has 0 aliphatic carbocycles. The molecule has 0 spiro atoms. The van der Waals surface area contributed by atoms with Crippen LogP contribution in [0.15, 0.2) is 0 Å². The average molecular weight is 172 g/mol. The monoisotopic (exact) mass is 172 g/mol. The Morgan fingerprint density at radius 1 is 1.50 bits per heavy atom. The van der Waals surface area contributed by atoms with Gasteiger partial charge in [0.05, 0.1) is 0 Å². The van der Waals surface area contributed by atoms with Crippen molar-refractivity contribution < 1.29 is 9.90 Å². The molecule has 0 heterocycles. The van der Waals surface area contributed by atoms with Crippen LogP contribution in [-0.2, 0) is 4.79 Å². The van der Waals surface area contributed by atoms with Gasteiger partial charge in [-0.25, -0.2) is 0 Å². The third kappa shape index (κ3) is 6.35. The van der Waals surface area contributed by atoms with Crippen LogP contribution in [0.1, 0.15) is 46.0 Å². The van der Waals surface area contributed by atoms with Crippen molar-refractivity contribution in [2.45, 2.75) is 46.0 Å². The second-order valence-electron chi connectivity index (χ2n) is 3.46. The lowest BCUT2D eigenvalue weighted by atomic mass is 9.98. The fourth-order valence-electron chi connectivity index (χ4n) is 1.36. The van der Waals surface area contributed by atoms with E-state index in [2.05, 4.69) is 13.8 Å². The second-order valence-corrected chi connectivity index (χ2v) is 3.46. The maximum Gasteiger partial charge on any atom is 0.133 e. The van der Waals surface area contributed by atoms with E-state index in [9.17, 15) is 4.79 Å². The van der Waals surface area contributed by atoms with Gasteiger partial charge in [0.25, 0.3) is 0 Å². The zero-order chi connectivity index (χ0) is 9.40. The third-order valence-corrected chi connectivity index (χ3v) is 1.97. The summed E-state index contributed by atoms with van der Waals surface area (Å²) in [5.74, 6) is 0.811. The van der Waals surface area contributed by atoms with Crippen LogP contribution >= 0.6 is 0 Å². The van der Waals surface area contributed by atoms with Gasteiger partial charge in [0.15, 0.2) is 0 Å². The van der Waals surface area contributed by atoms with E-state index in [1.807, 2.05) is 0 Å². The van der Waals surface area contributed by atoms with E-state index in [1.54, 1.807) is 0 Å². The highest BCUT2D eigenvalue weighted by Crippen LogP contribution is 2.11. The Labute approximate surface area is 75.0 Å². The van der Waals surface area contributed by atoms with Gasteiger partial charge in [-0.15, -0.1) is 0 Å². The molecule has 2 nitrogen and oxygen atoms in total. The summed E-state index contributed by atoms with van der Waals surface area (Å²) in [6.45, 7) is 4.38. The molecule has 0 aliphatic rings. The van der Waals surface area contributed by atoms with E-state index in [1.165, 1.54) is 0 Å². The summed E-state index contributed by atoms with van der Waals surface area (Å²) in [6.07, 6.45) is 4.13. The van der Waals surface area contributed by atoms with Crippen molar-refractivity contribution in [2.24, 2.45) is 5.92 Å². The van der Waals surface area contributed by atoms with Gasteiger partial charge in [-0.05, 0) is 12.3 Å². The van der Waals surface area contributed by atoms with Gasteiger partial charge in [-0.2, -0.15) is 0 Å². The Morgan fingerprint density at radius 3 is 2.67 bits per heavy atom. The summed E-state index contributed by atoms with van der Waals surface area (Å²) < 4.78 is 0. The van der Waals surface area contributed by atoms with E-state index < -0.39 is 0 Å². The normalized spacial score (nSPS) is 12.9. The van der Waals surface area contributed by atoms with Crippen molar-refractivity contribution in [3.05, 3.63) is 0 Å². The molecular weight excluding hydrogens is 152 g/mol. The van der Waals surface area contributed by atoms with Crippen LogP contribution < -0.4 is 0 Å². The van der Waals surface area contributed by atoms with E-state index >= 15 is 0 Å². The van der Waals surface area contributed by atoms with Crippen LogP contribution in [0.2, 0.25) is 0 Å². The molecule has 0 amide bonds. The van der Waals surface area contributed by atoms with Crippen molar-refractivity contribution >= 4 is 5.78 Å². The number of aliphatic hydroxyl groups is 1. The van der Waals surface area contributed by atoms with Gasteiger partial charge in [0.1, 0.15) is 5.78 Å². The number of hydrogen-bond acceptors (Lipinski definition) is 2. The van der Waals surface area contributed by atoms with E-state index in [0.717, 1.165) is 12.8 Å². The number of carbonyl (C=O) groups excluding carboxylic acids is 1. The Hall–Kier alpha value is -0.370. The van der Waals surface area contributed by atoms with Crippen LogP contribution in [-0.4, -0.2) is 17.5 Å². The molecule has 0 saturated heterocycles. The molecule has 0 saturated carbocycles. The number of aliphatic hydroxyl groups excluding tert-OH is 1. The maximum absolute atomic E-state index is 11.2. The minimum atomic E-state index is 0.133. The molecule has 1 atom stereocenters. The predicted molar refractivity (Wildman–Crippen MR) is 50.0 cm³/mol. The summed E-state index contributed by atoms with van der Waals surface area (Å²) in [6, 6.07) is 0. The number of ketones is 1. The molecule has 0 aliphatic heterocycles. The molecule has 2 heteroatoms. The molecule has 1 unspecified atom stereocenters. The predicted octanol–water partition coefficient (Wildman–Crippen LogP) is 2.15. The minimum Gasteiger partial charge on any atom is -0.396 e. The van der Waals surface area contributed by atoms with Crippen molar-refractivity contribution in [1.82, 2.24) is 0 Å². The molecule has 0 fully saturated rings. The largest absolute Gasteiger partial charge is 0.396 e. The fraction of sp³-hybridized carbons (Fsp3) is 0.900. The van der Waals surface area contributed by atoms with Gasteiger partial charge in [-0.1, -0.05) is 26.7 Å². The highest BCUT2D eigenvalue weighted by atomic mass is 16.3. The van der Waals surface area contributed by atoms with Crippen LogP contribution in [0, 0.1) is 5.92 Å². The molecule has 72 valence electrons. The summed E-state index contributed by atoms with van der Waals surface area (Å²) >= 11 is 0. The number of rotatable bonds is 7. The van der Waals surface area contributed by atoms with Crippen LogP contribution in [0.4, 0.5) is 0 Å². The van der Waals surface area contributed by atoms with E-state index in [0.29, 0.717) is 31.0 Å². The third-order valence-electron chi connectivity index (χ3n) is 1.97. The SMILES string of the molecule is CCCC(C)CC(=O)CCCO. The van der Waals surface area contributed by atoms with Crippen molar-refractivity contribution in [2.75, 3.05) is 6.61 Å². The first-order valence-electron chi connectivity index (χ1n) is 4.83. The van der Waals surface area contributed by atoms with Crippen molar-refractivity contribution in [1.29, 1.82) is 0 Å². The lowest BCUT2D eigenvalue weighted by Gasteiger charge is -2.07. The standard InChI is InChI=1S/C10H20O2/c1-3-5-9(2)8-10(12)6-4-7-11/h9,11H,3-8H2,1-2H3. The Kier molecular flexibility index (Phi) is 7.06. The number of Topliss-reactive ketones (excluding diaryl/α,β-unsaturated/α-hetero) is 1. The molecule has 0 rings (SSSR count). The molecule has 1 N–H and O–H groups in total. The molecule has 0 aromatic heterocycles. The van der Waals surface area contributed by atoms with Crippen LogP contribution in [0.5, 0.6) is 0 Å². The van der Waals surface area contributed by atoms with Gasteiger partial charge in [-0.3, -0.25) is 4.79 Å². The van der Waals surface area contributed by atoms with Crippen molar-refractivity contribution in [3.63, 3.8) is 0 Å². The smallest absolute Gasteiger partial charge is 0.133 e. The minimum absolute atomic E-state index is 0.133. The molecule has 0 bridgehead atoms. The Balaban J connectivity index is 3.40. The number of carbonyl (C=O) groups is 1. The molecule has 0 radical (unpaired) electrons. The van der Waals surface area contributed by atoms with Gasteiger partial charge >= 0.3 is 0 Å². The van der Waals surface area contributed by atoms with Crippen LogP contribution in [0.3, 0.4) is 0 Å². The first-order chi connectivity index (χ1) is 5.70. The highest BCUT2D eigenvalue weighted by molar-refractivity contribution is 5.78. The molecule has 12 heavy (non-hydrogen) atoms. The van der Waals surface area contributed by atoms with E-state index in [-0.39, 0.29) is 6.61 Å². The topological polar surface area (TPSA) is 37.3 Å². The maximum atomic E-state index is 11.2. The molecule has 0 aromatic carbocycles. The Bertz CT molecular complexity index is 121. The van der Waals surface area contributed by atoms with Gasteiger partial charge < -0.3 is 5.11 Å². The lowest BCUT2D eigenvalue weighted by molar-refractivity contribution is -0.120. The summed E-state index contributed by atoms with van der Waals surface area (Å²) in [5, 5.41) is 8.50. The second kappa shape index (κ2) is 7.29. The summed E-state index contributed by atoms with van der Waals surface area (Å²) in [4.78, 5) is 11.2. The van der Waals surface area contributed by atoms with E-state index in [4.69, 9.17) is 5.11 Å². The fourth-order valence-corrected chi connectivity index (χ4v) is 1.36. The summed E-state index contributed by atoms with van der Waals surface area (Å²) in [7, 11) is 0. The molecule has 0 aromatic rings. The zero-order valence-corrected chi connectivity index (χ0v) is 8.18.